The molecule has 1 aromatic heterocycles. The Morgan fingerprint density at radius 2 is 1.92 bits per heavy atom. The Bertz CT molecular complexity index is 905. The molecule has 4 nitrogen and oxygen atoms in total. The summed E-state index contributed by atoms with van der Waals surface area (Å²) in [6, 6.07) is 14.0. The number of carbonyl (C=O) groups is 1. The Balaban J connectivity index is 1.60. The predicted molar refractivity (Wildman–Crippen MR) is 105 cm³/mol. The van der Waals surface area contributed by atoms with E-state index in [0.29, 0.717) is 5.75 Å². The number of aryl methyl sites for hydroxylation is 3. The Morgan fingerprint density at radius 3 is 2.68 bits per heavy atom. The summed E-state index contributed by atoms with van der Waals surface area (Å²) in [5, 5.41) is 2.95. The van der Waals surface area contributed by atoms with Crippen molar-refractivity contribution >= 4 is 34.9 Å². The van der Waals surface area contributed by atoms with Gasteiger partial charge in [0.15, 0.2) is 10.2 Å². The third-order valence-electron chi connectivity index (χ3n) is 3.78. The van der Waals surface area contributed by atoms with Crippen LogP contribution in [0.5, 0.6) is 0 Å². The minimum Gasteiger partial charge on any atom is -0.325 e. The summed E-state index contributed by atoms with van der Waals surface area (Å²) in [5.41, 5.74) is 5.28. The predicted octanol–water partition coefficient (Wildman–Crippen LogP) is 4.86. The summed E-state index contributed by atoms with van der Waals surface area (Å²) in [6.07, 6.45) is 0. The van der Waals surface area contributed by atoms with E-state index in [4.69, 9.17) is 0 Å². The van der Waals surface area contributed by atoms with Gasteiger partial charge in [-0.05, 0) is 49.5 Å². The highest BCUT2D eigenvalue weighted by Gasteiger charge is 2.11. The van der Waals surface area contributed by atoms with E-state index in [1.807, 2.05) is 57.2 Å². The van der Waals surface area contributed by atoms with Crippen LogP contribution in [0.15, 0.2) is 46.8 Å². The molecule has 1 amide bonds. The molecule has 3 rings (SSSR count). The van der Waals surface area contributed by atoms with Gasteiger partial charge in [-0.25, -0.2) is 4.98 Å². The number of nitrogens with one attached hydrogen (secondary N) is 1. The van der Waals surface area contributed by atoms with Gasteiger partial charge in [-0.2, -0.15) is 4.37 Å². The zero-order chi connectivity index (χ0) is 17.8. The Hall–Kier alpha value is -2.18. The average Bonchev–Trinajstić information content (AvgIpc) is 3.05. The summed E-state index contributed by atoms with van der Waals surface area (Å²) in [4.78, 5) is 16.7. The van der Waals surface area contributed by atoms with Crippen molar-refractivity contribution in [2.75, 3.05) is 11.1 Å². The van der Waals surface area contributed by atoms with Crippen LogP contribution in [0.2, 0.25) is 0 Å². The van der Waals surface area contributed by atoms with Crippen LogP contribution < -0.4 is 5.32 Å². The maximum atomic E-state index is 12.2. The molecule has 0 saturated heterocycles. The van der Waals surface area contributed by atoms with Crippen molar-refractivity contribution in [2.45, 2.75) is 25.1 Å². The fourth-order valence-corrected chi connectivity index (χ4v) is 3.88. The molecular weight excluding hydrogens is 350 g/mol. The molecule has 0 spiro atoms. The molecule has 2 aromatic carbocycles. The zero-order valence-corrected chi connectivity index (χ0v) is 16.0. The van der Waals surface area contributed by atoms with Crippen LogP contribution in [-0.2, 0) is 4.79 Å². The molecular formula is C19H19N3OS2. The second-order valence-corrected chi connectivity index (χ2v) is 7.83. The molecule has 0 bridgehead atoms. The van der Waals surface area contributed by atoms with E-state index in [-0.39, 0.29) is 5.91 Å². The zero-order valence-electron chi connectivity index (χ0n) is 14.4. The van der Waals surface area contributed by atoms with Gasteiger partial charge in [0.25, 0.3) is 0 Å². The lowest BCUT2D eigenvalue weighted by Gasteiger charge is -2.08. The van der Waals surface area contributed by atoms with E-state index in [1.54, 1.807) is 0 Å². The minimum atomic E-state index is -0.0374. The number of nitrogens with zero attached hydrogens (tertiary/aromatic N) is 2. The van der Waals surface area contributed by atoms with E-state index in [0.717, 1.165) is 32.5 Å². The Labute approximate surface area is 155 Å². The molecule has 0 radical (unpaired) electrons. The second kappa shape index (κ2) is 7.80. The van der Waals surface area contributed by atoms with E-state index in [2.05, 4.69) is 20.7 Å². The van der Waals surface area contributed by atoms with Gasteiger partial charge in [0, 0.05) is 11.3 Å². The first-order valence-corrected chi connectivity index (χ1v) is 9.68. The third-order valence-corrected chi connectivity index (χ3v) is 5.61. The molecule has 0 atom stereocenters. The SMILES string of the molecule is Cc1ccc(NC(=O)CSc2nc(-c3ccccc3C)ns2)c(C)c1. The monoisotopic (exact) mass is 369 g/mol. The number of carbonyl (C=O) groups excluding carboxylic acids is 1. The smallest absolute Gasteiger partial charge is 0.234 e. The van der Waals surface area contributed by atoms with E-state index in [1.165, 1.54) is 28.9 Å². The summed E-state index contributed by atoms with van der Waals surface area (Å²) in [5.74, 6) is 1.00. The van der Waals surface area contributed by atoms with Crippen molar-refractivity contribution in [3.05, 3.63) is 59.2 Å². The molecule has 0 aliphatic heterocycles. The van der Waals surface area contributed by atoms with Crippen LogP contribution in [0, 0.1) is 20.8 Å². The van der Waals surface area contributed by atoms with Crippen molar-refractivity contribution in [3.63, 3.8) is 0 Å². The van der Waals surface area contributed by atoms with Gasteiger partial charge in [0.05, 0.1) is 5.75 Å². The highest BCUT2D eigenvalue weighted by atomic mass is 32.2. The Morgan fingerprint density at radius 1 is 1.12 bits per heavy atom. The highest BCUT2D eigenvalue weighted by Crippen LogP contribution is 2.27. The van der Waals surface area contributed by atoms with Crippen molar-refractivity contribution < 1.29 is 4.79 Å². The number of hydrogen-bond donors (Lipinski definition) is 1. The van der Waals surface area contributed by atoms with Gasteiger partial charge in [-0.3, -0.25) is 4.79 Å². The van der Waals surface area contributed by atoms with Gasteiger partial charge in [-0.1, -0.05) is 53.7 Å². The highest BCUT2D eigenvalue weighted by molar-refractivity contribution is 8.01. The average molecular weight is 370 g/mol. The van der Waals surface area contributed by atoms with E-state index in [9.17, 15) is 4.79 Å². The lowest BCUT2D eigenvalue weighted by Crippen LogP contribution is -2.14. The lowest BCUT2D eigenvalue weighted by atomic mass is 10.1. The van der Waals surface area contributed by atoms with Crippen LogP contribution in [0.1, 0.15) is 16.7 Å². The molecule has 0 saturated carbocycles. The minimum absolute atomic E-state index is 0.0374. The number of aromatic nitrogens is 2. The number of anilines is 1. The molecule has 0 aliphatic carbocycles. The first-order valence-electron chi connectivity index (χ1n) is 7.92. The molecule has 3 aromatic rings. The van der Waals surface area contributed by atoms with Gasteiger partial charge >= 0.3 is 0 Å². The number of amides is 1. The summed E-state index contributed by atoms with van der Waals surface area (Å²) >= 11 is 2.74. The topological polar surface area (TPSA) is 54.9 Å². The number of rotatable bonds is 5. The van der Waals surface area contributed by atoms with E-state index < -0.39 is 0 Å². The maximum absolute atomic E-state index is 12.2. The van der Waals surface area contributed by atoms with Crippen LogP contribution in [0.3, 0.4) is 0 Å². The van der Waals surface area contributed by atoms with Crippen molar-refractivity contribution in [1.82, 2.24) is 9.36 Å². The molecule has 25 heavy (non-hydrogen) atoms. The molecule has 128 valence electrons. The van der Waals surface area contributed by atoms with Crippen LogP contribution in [0.25, 0.3) is 11.4 Å². The quantitative estimate of drug-likeness (QED) is 0.653. The van der Waals surface area contributed by atoms with Crippen LogP contribution in [-0.4, -0.2) is 21.0 Å². The van der Waals surface area contributed by atoms with Crippen LogP contribution >= 0.6 is 23.3 Å². The Kier molecular flexibility index (Phi) is 5.50. The summed E-state index contributed by atoms with van der Waals surface area (Å²) in [7, 11) is 0. The molecule has 1 heterocycles. The fourth-order valence-electron chi connectivity index (χ4n) is 2.47. The van der Waals surface area contributed by atoms with Gasteiger partial charge in [-0.15, -0.1) is 0 Å². The largest absolute Gasteiger partial charge is 0.325 e. The molecule has 0 unspecified atom stereocenters. The number of thioether (sulfide) groups is 1. The maximum Gasteiger partial charge on any atom is 0.234 e. The number of benzene rings is 2. The molecule has 6 heteroatoms. The standard InChI is InChI=1S/C19H19N3OS2/c1-12-8-9-16(14(3)10-12)20-17(23)11-24-19-21-18(22-25-19)15-7-5-4-6-13(15)2/h4-10H,11H2,1-3H3,(H,20,23). The van der Waals surface area contributed by atoms with Gasteiger partial charge < -0.3 is 5.32 Å². The van der Waals surface area contributed by atoms with Gasteiger partial charge in [0.1, 0.15) is 0 Å². The van der Waals surface area contributed by atoms with Crippen LogP contribution in [0.4, 0.5) is 5.69 Å². The third kappa shape index (κ3) is 4.46. The summed E-state index contributed by atoms with van der Waals surface area (Å²) < 4.78 is 5.21. The normalized spacial score (nSPS) is 10.7. The fraction of sp³-hybridized carbons (Fsp3) is 0.211. The molecule has 1 N–H and O–H groups in total. The number of hydrogen-bond acceptors (Lipinski definition) is 5. The van der Waals surface area contributed by atoms with Crippen molar-refractivity contribution in [1.29, 1.82) is 0 Å². The second-order valence-electron chi connectivity index (χ2n) is 5.85. The first kappa shape index (κ1) is 17.6. The molecule has 0 aliphatic rings. The van der Waals surface area contributed by atoms with Crippen molar-refractivity contribution in [3.8, 4) is 11.4 Å². The molecule has 0 fully saturated rings. The summed E-state index contributed by atoms with van der Waals surface area (Å²) in [6.45, 7) is 6.07. The van der Waals surface area contributed by atoms with Crippen molar-refractivity contribution in [2.24, 2.45) is 0 Å². The van der Waals surface area contributed by atoms with E-state index >= 15 is 0 Å². The first-order chi connectivity index (χ1) is 12.0. The lowest BCUT2D eigenvalue weighted by molar-refractivity contribution is -0.113. The van der Waals surface area contributed by atoms with Gasteiger partial charge in [0.2, 0.25) is 5.91 Å².